The third-order valence-corrected chi connectivity index (χ3v) is 3.31. The zero-order valence-electron chi connectivity index (χ0n) is 9.80. The number of hydrogen-bond donors (Lipinski definition) is 1. The van der Waals surface area contributed by atoms with E-state index in [-0.39, 0.29) is 5.75 Å². The fraction of sp³-hybridized carbons (Fsp3) is 0.385. The Hall–Kier alpha value is -1.84. The molecule has 0 aliphatic carbocycles. The number of phenolic OH excluding ortho intramolecular Hbond substituents is 1. The number of hydrogen-bond acceptors (Lipinski definition) is 3. The summed E-state index contributed by atoms with van der Waals surface area (Å²) in [4.78, 5) is 0. The number of phenols is 1. The zero-order chi connectivity index (χ0) is 11.8. The molecule has 17 heavy (non-hydrogen) atoms. The smallest absolute Gasteiger partial charge is 0.163 e. The Morgan fingerprint density at radius 1 is 1.24 bits per heavy atom. The molecule has 1 aromatic carbocycles. The Balaban J connectivity index is 2.04. The molecule has 0 saturated heterocycles. The van der Waals surface area contributed by atoms with Crippen molar-refractivity contribution >= 4 is 0 Å². The van der Waals surface area contributed by atoms with Crippen molar-refractivity contribution in [2.45, 2.75) is 26.3 Å². The quantitative estimate of drug-likeness (QED) is 0.815. The Morgan fingerprint density at radius 2 is 2.00 bits per heavy atom. The maximum absolute atomic E-state index is 9.29. The molecule has 1 N–H and O–H groups in total. The molecule has 0 bridgehead atoms. The van der Waals surface area contributed by atoms with Crippen LogP contribution < -0.4 is 0 Å². The molecule has 3 rings (SSSR count). The summed E-state index contributed by atoms with van der Waals surface area (Å²) in [6.07, 6.45) is 2.19. The van der Waals surface area contributed by atoms with Gasteiger partial charge in [-0.25, -0.2) is 0 Å². The number of fused-ring (bicyclic) bond motifs is 1. The summed E-state index contributed by atoms with van der Waals surface area (Å²) in [5, 5.41) is 17.8. The highest BCUT2D eigenvalue weighted by Crippen LogP contribution is 2.26. The van der Waals surface area contributed by atoms with E-state index in [1.165, 1.54) is 6.42 Å². The molecule has 0 spiro atoms. The number of aryl methyl sites for hydroxylation is 1. The van der Waals surface area contributed by atoms with E-state index in [1.807, 2.05) is 12.1 Å². The first kappa shape index (κ1) is 10.3. The van der Waals surface area contributed by atoms with E-state index in [1.54, 1.807) is 12.1 Å². The molecule has 0 radical (unpaired) electrons. The van der Waals surface area contributed by atoms with Crippen LogP contribution in [0.15, 0.2) is 24.3 Å². The van der Waals surface area contributed by atoms with Crippen LogP contribution in [0.25, 0.3) is 11.4 Å². The van der Waals surface area contributed by atoms with Crippen molar-refractivity contribution in [3.63, 3.8) is 0 Å². The standard InChI is InChI=1S/C13H15N3O/c1-9-2-7-12-14-15-13(16(12)8-9)10-3-5-11(17)6-4-10/h3-6,9,17H,2,7-8H2,1H3. The molecule has 4 nitrogen and oxygen atoms in total. The number of aromatic hydroxyl groups is 1. The monoisotopic (exact) mass is 229 g/mol. The molecule has 88 valence electrons. The lowest BCUT2D eigenvalue weighted by Crippen LogP contribution is -2.18. The predicted molar refractivity (Wildman–Crippen MR) is 64.6 cm³/mol. The van der Waals surface area contributed by atoms with Crippen LogP contribution in [0.5, 0.6) is 5.75 Å². The van der Waals surface area contributed by atoms with Gasteiger partial charge in [0.15, 0.2) is 5.82 Å². The molecule has 2 heterocycles. The first-order valence-corrected chi connectivity index (χ1v) is 5.95. The van der Waals surface area contributed by atoms with Gasteiger partial charge in [0.2, 0.25) is 0 Å². The molecule has 0 fully saturated rings. The third kappa shape index (κ3) is 1.79. The summed E-state index contributed by atoms with van der Waals surface area (Å²) in [7, 11) is 0. The second kappa shape index (κ2) is 3.87. The summed E-state index contributed by atoms with van der Waals surface area (Å²) >= 11 is 0. The van der Waals surface area contributed by atoms with Crippen LogP contribution in [0.1, 0.15) is 19.2 Å². The van der Waals surface area contributed by atoms with Gasteiger partial charge in [-0.3, -0.25) is 0 Å². The molecule has 2 aromatic rings. The molecular weight excluding hydrogens is 214 g/mol. The Labute approximate surface area is 99.9 Å². The average molecular weight is 229 g/mol. The Morgan fingerprint density at radius 3 is 2.76 bits per heavy atom. The lowest BCUT2D eigenvalue weighted by Gasteiger charge is -2.20. The normalized spacial score (nSPS) is 19.0. The first-order valence-electron chi connectivity index (χ1n) is 5.95. The van der Waals surface area contributed by atoms with Crippen molar-refractivity contribution in [2.24, 2.45) is 5.92 Å². The van der Waals surface area contributed by atoms with Gasteiger partial charge in [0, 0.05) is 18.5 Å². The van der Waals surface area contributed by atoms with Gasteiger partial charge >= 0.3 is 0 Å². The largest absolute Gasteiger partial charge is 0.508 e. The van der Waals surface area contributed by atoms with Crippen molar-refractivity contribution < 1.29 is 5.11 Å². The number of nitrogens with zero attached hydrogens (tertiary/aromatic N) is 3. The SMILES string of the molecule is CC1CCc2nnc(-c3ccc(O)cc3)n2C1. The summed E-state index contributed by atoms with van der Waals surface area (Å²) < 4.78 is 2.19. The van der Waals surface area contributed by atoms with Crippen LogP contribution in [0, 0.1) is 5.92 Å². The summed E-state index contributed by atoms with van der Waals surface area (Å²) in [5.41, 5.74) is 1.01. The highest BCUT2D eigenvalue weighted by Gasteiger charge is 2.20. The van der Waals surface area contributed by atoms with Gasteiger partial charge in [-0.05, 0) is 36.6 Å². The molecule has 1 aliphatic heterocycles. The molecule has 0 amide bonds. The van der Waals surface area contributed by atoms with E-state index in [2.05, 4.69) is 21.7 Å². The fourth-order valence-electron chi connectivity index (χ4n) is 2.31. The van der Waals surface area contributed by atoms with E-state index in [0.29, 0.717) is 5.92 Å². The number of benzene rings is 1. The highest BCUT2D eigenvalue weighted by molar-refractivity contribution is 5.56. The summed E-state index contributed by atoms with van der Waals surface area (Å²) in [6, 6.07) is 7.13. The molecule has 0 saturated carbocycles. The zero-order valence-corrected chi connectivity index (χ0v) is 9.80. The van der Waals surface area contributed by atoms with E-state index in [9.17, 15) is 5.11 Å². The second-order valence-corrected chi connectivity index (χ2v) is 4.74. The van der Waals surface area contributed by atoms with Crippen LogP contribution in [0.4, 0.5) is 0 Å². The van der Waals surface area contributed by atoms with Crippen molar-refractivity contribution in [3.05, 3.63) is 30.1 Å². The topological polar surface area (TPSA) is 50.9 Å². The second-order valence-electron chi connectivity index (χ2n) is 4.74. The van der Waals surface area contributed by atoms with Crippen molar-refractivity contribution in [1.82, 2.24) is 14.8 Å². The van der Waals surface area contributed by atoms with Gasteiger partial charge in [-0.2, -0.15) is 0 Å². The van der Waals surface area contributed by atoms with Crippen molar-refractivity contribution in [1.29, 1.82) is 0 Å². The predicted octanol–water partition coefficient (Wildman–Crippen LogP) is 2.23. The molecule has 1 unspecified atom stereocenters. The highest BCUT2D eigenvalue weighted by atomic mass is 16.3. The van der Waals surface area contributed by atoms with Crippen LogP contribution in [-0.4, -0.2) is 19.9 Å². The van der Waals surface area contributed by atoms with E-state index in [4.69, 9.17) is 0 Å². The molecule has 1 aliphatic rings. The van der Waals surface area contributed by atoms with E-state index >= 15 is 0 Å². The first-order chi connectivity index (χ1) is 8.24. The van der Waals surface area contributed by atoms with Gasteiger partial charge < -0.3 is 9.67 Å². The van der Waals surface area contributed by atoms with E-state index in [0.717, 1.165) is 30.2 Å². The van der Waals surface area contributed by atoms with Crippen molar-refractivity contribution in [3.8, 4) is 17.1 Å². The lowest BCUT2D eigenvalue weighted by atomic mass is 10.0. The van der Waals surface area contributed by atoms with Gasteiger partial charge in [0.05, 0.1) is 0 Å². The minimum Gasteiger partial charge on any atom is -0.508 e. The average Bonchev–Trinajstić information content (AvgIpc) is 2.73. The Kier molecular flexibility index (Phi) is 2.35. The van der Waals surface area contributed by atoms with Crippen LogP contribution in [0.3, 0.4) is 0 Å². The summed E-state index contributed by atoms with van der Waals surface area (Å²) in [5.74, 6) is 2.94. The minimum atomic E-state index is 0.278. The maximum atomic E-state index is 9.29. The third-order valence-electron chi connectivity index (χ3n) is 3.31. The number of rotatable bonds is 1. The van der Waals surface area contributed by atoms with Crippen LogP contribution in [0.2, 0.25) is 0 Å². The molecule has 4 heteroatoms. The van der Waals surface area contributed by atoms with E-state index < -0.39 is 0 Å². The minimum absolute atomic E-state index is 0.278. The maximum Gasteiger partial charge on any atom is 0.163 e. The van der Waals surface area contributed by atoms with Gasteiger partial charge in [0.25, 0.3) is 0 Å². The van der Waals surface area contributed by atoms with Gasteiger partial charge in [-0.15, -0.1) is 10.2 Å². The molecule has 1 atom stereocenters. The Bertz CT molecular complexity index is 530. The van der Waals surface area contributed by atoms with Crippen LogP contribution >= 0.6 is 0 Å². The van der Waals surface area contributed by atoms with Gasteiger partial charge in [0.1, 0.15) is 11.6 Å². The number of aromatic nitrogens is 3. The van der Waals surface area contributed by atoms with Crippen LogP contribution in [-0.2, 0) is 13.0 Å². The van der Waals surface area contributed by atoms with Crippen molar-refractivity contribution in [2.75, 3.05) is 0 Å². The molecular formula is C13H15N3O. The fourth-order valence-corrected chi connectivity index (χ4v) is 2.31. The molecule has 1 aromatic heterocycles. The summed E-state index contributed by atoms with van der Waals surface area (Å²) in [6.45, 7) is 3.24. The lowest BCUT2D eigenvalue weighted by molar-refractivity contribution is 0.396. The van der Waals surface area contributed by atoms with Gasteiger partial charge in [-0.1, -0.05) is 6.92 Å².